The minimum absolute atomic E-state index is 0.149. The van der Waals surface area contributed by atoms with Crippen molar-refractivity contribution in [3.05, 3.63) is 104 Å². The molecule has 3 rings (SSSR count). The van der Waals surface area contributed by atoms with E-state index in [0.29, 0.717) is 59.4 Å². The minimum atomic E-state index is -0.289. The van der Waals surface area contributed by atoms with E-state index in [1.54, 1.807) is 36.4 Å². The number of ether oxygens (including phenoxy) is 5. The summed E-state index contributed by atoms with van der Waals surface area (Å²) in [5.74, 6) is 2.26. The summed E-state index contributed by atoms with van der Waals surface area (Å²) in [7, 11) is 0. The van der Waals surface area contributed by atoms with Crippen LogP contribution >= 0.6 is 0 Å². The summed E-state index contributed by atoms with van der Waals surface area (Å²) in [6, 6.07) is 9.30. The van der Waals surface area contributed by atoms with E-state index in [-0.39, 0.29) is 31.0 Å². The number of unbranched alkanes of at least 4 members (excludes halogenated alkanes) is 11. The van der Waals surface area contributed by atoms with Crippen LogP contribution in [0.15, 0.2) is 98.4 Å². The zero-order chi connectivity index (χ0) is 36.7. The van der Waals surface area contributed by atoms with Crippen LogP contribution < -0.4 is 29.1 Å². The largest absolute Gasteiger partial charge is 0.489 e. The van der Waals surface area contributed by atoms with Gasteiger partial charge in [-0.1, -0.05) is 141 Å². The first-order valence-corrected chi connectivity index (χ1v) is 18.6. The van der Waals surface area contributed by atoms with Crippen LogP contribution in [-0.2, 0) is 6.54 Å². The number of nitrogens with zero attached hydrogens (tertiary/aromatic N) is 1. The Balaban J connectivity index is 2.11. The maximum absolute atomic E-state index is 14.5. The molecule has 0 saturated heterocycles. The van der Waals surface area contributed by atoms with Crippen molar-refractivity contribution in [3.63, 3.8) is 0 Å². The lowest BCUT2D eigenvalue weighted by molar-refractivity contribution is 0.308. The molecule has 0 unspecified atom stereocenters. The van der Waals surface area contributed by atoms with Crippen LogP contribution in [0.5, 0.6) is 28.7 Å². The number of hydrogen-bond acceptors (Lipinski definition) is 6. The Morgan fingerprint density at radius 3 is 1.67 bits per heavy atom. The van der Waals surface area contributed by atoms with Gasteiger partial charge in [0.25, 0.3) is 0 Å². The first-order chi connectivity index (χ1) is 25.0. The molecule has 0 aliphatic carbocycles. The second-order valence-electron chi connectivity index (χ2n) is 12.5. The lowest BCUT2D eigenvalue weighted by atomic mass is 10.0. The van der Waals surface area contributed by atoms with Crippen molar-refractivity contribution in [2.45, 2.75) is 90.5 Å². The van der Waals surface area contributed by atoms with Crippen LogP contribution in [0.1, 0.15) is 84.0 Å². The van der Waals surface area contributed by atoms with Gasteiger partial charge in [-0.25, -0.2) is 0 Å². The number of hydrogen-bond donors (Lipinski definition) is 0. The molecule has 0 atom stereocenters. The highest BCUT2D eigenvalue weighted by molar-refractivity contribution is 5.92. The fourth-order valence-electron chi connectivity index (χ4n) is 6.07. The fourth-order valence-corrected chi connectivity index (χ4v) is 6.07. The lowest BCUT2D eigenvalue weighted by Gasteiger charge is -2.23. The summed E-state index contributed by atoms with van der Waals surface area (Å²) in [6.45, 7) is 23.2. The van der Waals surface area contributed by atoms with Crippen LogP contribution in [0, 0.1) is 0 Å². The second-order valence-corrected chi connectivity index (χ2v) is 12.5. The maximum atomic E-state index is 14.5. The van der Waals surface area contributed by atoms with Crippen molar-refractivity contribution in [1.29, 1.82) is 0 Å². The Bertz CT molecular complexity index is 1620. The molecule has 1 aromatic heterocycles. The number of pyridine rings is 1. The zero-order valence-corrected chi connectivity index (χ0v) is 30.9. The monoisotopic (exact) mass is 697 g/mol. The molecule has 2 aromatic carbocycles. The van der Waals surface area contributed by atoms with Crippen LogP contribution in [0.25, 0.3) is 22.2 Å². The first-order valence-electron chi connectivity index (χ1n) is 18.6. The van der Waals surface area contributed by atoms with Crippen molar-refractivity contribution in [2.24, 2.45) is 0 Å². The van der Waals surface area contributed by atoms with Gasteiger partial charge in [0.2, 0.25) is 5.43 Å². The SMILES string of the molecule is C=CCOc1cc(OCC=C)c2c(=O)c(OCC=C)c(-c3ccc(OCC=C)c(OCC=C)c3)n(CCCCCCCCCCCCCC)c2c1. The highest BCUT2D eigenvalue weighted by Crippen LogP contribution is 2.40. The third-order valence-electron chi connectivity index (χ3n) is 8.50. The Kier molecular flexibility index (Phi) is 18.9. The topological polar surface area (TPSA) is 68.2 Å². The lowest BCUT2D eigenvalue weighted by Crippen LogP contribution is -2.18. The Hall–Kier alpha value is -4.65. The van der Waals surface area contributed by atoms with Gasteiger partial charge in [-0.15, -0.1) is 0 Å². The van der Waals surface area contributed by atoms with Gasteiger partial charge < -0.3 is 28.3 Å². The Morgan fingerprint density at radius 2 is 1.08 bits per heavy atom. The van der Waals surface area contributed by atoms with E-state index >= 15 is 0 Å². The van der Waals surface area contributed by atoms with Crippen LogP contribution in [0.3, 0.4) is 0 Å². The predicted molar refractivity (Wildman–Crippen MR) is 213 cm³/mol. The smallest absolute Gasteiger partial charge is 0.235 e. The molecule has 0 aliphatic rings. The molecule has 0 N–H and O–H groups in total. The maximum Gasteiger partial charge on any atom is 0.235 e. The summed E-state index contributed by atoms with van der Waals surface area (Å²) in [6.07, 6.45) is 23.3. The van der Waals surface area contributed by atoms with E-state index < -0.39 is 0 Å². The third kappa shape index (κ3) is 12.6. The average Bonchev–Trinajstić information content (AvgIpc) is 3.15. The van der Waals surface area contributed by atoms with Gasteiger partial charge in [-0.3, -0.25) is 4.79 Å². The van der Waals surface area contributed by atoms with Crippen molar-refractivity contribution in [2.75, 3.05) is 33.0 Å². The highest BCUT2D eigenvalue weighted by Gasteiger charge is 2.24. The molecule has 0 amide bonds. The summed E-state index contributed by atoms with van der Waals surface area (Å²) >= 11 is 0. The van der Waals surface area contributed by atoms with E-state index in [4.69, 9.17) is 23.7 Å². The van der Waals surface area contributed by atoms with Crippen molar-refractivity contribution in [1.82, 2.24) is 4.57 Å². The van der Waals surface area contributed by atoms with Gasteiger partial charge in [0.05, 0.1) is 16.6 Å². The molecule has 7 nitrogen and oxygen atoms in total. The number of aryl methyl sites for hydroxylation is 1. The molecule has 3 aromatic rings. The Morgan fingerprint density at radius 1 is 0.569 bits per heavy atom. The minimum Gasteiger partial charge on any atom is -0.489 e. The van der Waals surface area contributed by atoms with Crippen molar-refractivity contribution in [3.8, 4) is 40.0 Å². The van der Waals surface area contributed by atoms with Gasteiger partial charge in [0.1, 0.15) is 44.5 Å². The quantitative estimate of drug-likeness (QED) is 0.0531. The number of fused-ring (bicyclic) bond motifs is 1. The van der Waals surface area contributed by atoms with Crippen LogP contribution in [0.2, 0.25) is 0 Å². The molecular formula is C44H59NO6. The van der Waals surface area contributed by atoms with E-state index in [2.05, 4.69) is 44.4 Å². The predicted octanol–water partition coefficient (Wildman–Crippen LogP) is 11.2. The van der Waals surface area contributed by atoms with E-state index in [9.17, 15) is 4.79 Å². The molecule has 0 spiro atoms. The molecule has 0 radical (unpaired) electrons. The highest BCUT2D eigenvalue weighted by atomic mass is 16.5. The Labute approximate surface area is 305 Å². The third-order valence-corrected chi connectivity index (χ3v) is 8.50. The number of benzene rings is 2. The molecule has 0 bridgehead atoms. The van der Waals surface area contributed by atoms with Gasteiger partial charge in [0, 0.05) is 24.2 Å². The van der Waals surface area contributed by atoms with Gasteiger partial charge in [0.15, 0.2) is 17.2 Å². The second kappa shape index (κ2) is 23.7. The number of aromatic nitrogens is 1. The molecule has 0 saturated carbocycles. The molecule has 276 valence electrons. The van der Waals surface area contributed by atoms with E-state index in [0.717, 1.165) is 24.8 Å². The molecule has 7 heteroatoms. The normalized spacial score (nSPS) is 10.8. The fraction of sp³-hybridized carbons (Fsp3) is 0.432. The van der Waals surface area contributed by atoms with E-state index in [1.807, 2.05) is 24.3 Å². The molecule has 1 heterocycles. The summed E-state index contributed by atoms with van der Waals surface area (Å²) < 4.78 is 32.5. The van der Waals surface area contributed by atoms with Gasteiger partial charge in [-0.2, -0.15) is 0 Å². The van der Waals surface area contributed by atoms with Crippen molar-refractivity contribution < 1.29 is 23.7 Å². The van der Waals surface area contributed by atoms with Gasteiger partial charge >= 0.3 is 0 Å². The molecular weight excluding hydrogens is 638 g/mol. The zero-order valence-electron chi connectivity index (χ0n) is 30.9. The summed E-state index contributed by atoms with van der Waals surface area (Å²) in [5.41, 5.74) is 1.77. The number of rotatable bonds is 29. The van der Waals surface area contributed by atoms with Crippen LogP contribution in [-0.4, -0.2) is 37.6 Å². The van der Waals surface area contributed by atoms with Crippen LogP contribution in [0.4, 0.5) is 0 Å². The van der Waals surface area contributed by atoms with Gasteiger partial charge in [-0.05, 0) is 24.6 Å². The van der Waals surface area contributed by atoms with E-state index in [1.165, 1.54) is 57.8 Å². The standard InChI is InChI=1S/C44H59NO6/c1-7-13-14-15-16-17-18-19-20-21-22-23-26-45-37-33-36(47-27-8-2)34-40(50-30-11-5)41(37)43(46)44(51-31-12-6)42(45)35-24-25-38(48-28-9-3)39(32-35)49-29-10-4/h8-12,24-25,32-34H,2-7,13-23,26-31H2,1H3. The average molecular weight is 698 g/mol. The molecule has 0 aliphatic heterocycles. The van der Waals surface area contributed by atoms with Crippen molar-refractivity contribution >= 4 is 10.9 Å². The summed E-state index contributed by atoms with van der Waals surface area (Å²) in [4.78, 5) is 14.5. The first kappa shape index (κ1) is 40.8. The summed E-state index contributed by atoms with van der Waals surface area (Å²) in [5, 5.41) is 0.415. The molecule has 0 fully saturated rings. The molecule has 51 heavy (non-hydrogen) atoms.